The van der Waals surface area contributed by atoms with Gasteiger partial charge in [0.2, 0.25) is 6.29 Å². The summed E-state index contributed by atoms with van der Waals surface area (Å²) in [5, 5.41) is 8.58. The highest BCUT2D eigenvalue weighted by Gasteiger charge is 2.15. The van der Waals surface area contributed by atoms with Crippen molar-refractivity contribution >= 4 is 5.97 Å². The van der Waals surface area contributed by atoms with Crippen molar-refractivity contribution < 1.29 is 24.1 Å². The van der Waals surface area contributed by atoms with E-state index in [-0.39, 0.29) is 19.8 Å². The van der Waals surface area contributed by atoms with E-state index in [0.717, 1.165) is 12.8 Å². The third-order valence-corrected chi connectivity index (χ3v) is 1.88. The van der Waals surface area contributed by atoms with Crippen molar-refractivity contribution in [3.8, 4) is 0 Å². The van der Waals surface area contributed by atoms with E-state index in [1.807, 2.05) is 6.92 Å². The van der Waals surface area contributed by atoms with Gasteiger partial charge in [-0.15, -0.1) is 0 Å². The van der Waals surface area contributed by atoms with Gasteiger partial charge in [0.15, 0.2) is 0 Å². The van der Waals surface area contributed by atoms with Crippen LogP contribution in [0.2, 0.25) is 0 Å². The first-order valence-corrected chi connectivity index (χ1v) is 5.78. The molecule has 1 N–H and O–H groups in total. The van der Waals surface area contributed by atoms with Gasteiger partial charge in [-0.05, 0) is 13.3 Å². The zero-order valence-electron chi connectivity index (χ0n) is 10.6. The number of aliphatic hydroxyl groups is 1. The van der Waals surface area contributed by atoms with Crippen molar-refractivity contribution in [2.24, 2.45) is 0 Å². The maximum atomic E-state index is 11.3. The first-order valence-electron chi connectivity index (χ1n) is 5.78. The summed E-state index contributed by atoms with van der Waals surface area (Å²) in [5.41, 5.74) is 0.316. The van der Waals surface area contributed by atoms with Crippen molar-refractivity contribution in [2.45, 2.75) is 33.0 Å². The molecule has 0 heterocycles. The number of ether oxygens (including phenoxy) is 3. The molecule has 0 aromatic carbocycles. The van der Waals surface area contributed by atoms with Gasteiger partial charge in [0.25, 0.3) is 0 Å². The third kappa shape index (κ3) is 8.85. The highest BCUT2D eigenvalue weighted by atomic mass is 16.7. The van der Waals surface area contributed by atoms with Crippen LogP contribution < -0.4 is 0 Å². The number of esters is 1. The zero-order valence-corrected chi connectivity index (χ0v) is 10.6. The highest BCUT2D eigenvalue weighted by Crippen LogP contribution is 2.03. The minimum absolute atomic E-state index is 0.0733. The number of aliphatic hydroxyl groups excluding tert-OH is 1. The lowest BCUT2D eigenvalue weighted by atomic mass is 10.3. The summed E-state index contributed by atoms with van der Waals surface area (Å²) >= 11 is 0. The Bertz CT molecular complexity index is 217. The van der Waals surface area contributed by atoms with Gasteiger partial charge in [-0.1, -0.05) is 19.9 Å². The summed E-state index contributed by atoms with van der Waals surface area (Å²) in [6.07, 6.45) is 1.15. The van der Waals surface area contributed by atoms with Crippen molar-refractivity contribution in [3.63, 3.8) is 0 Å². The Labute approximate surface area is 102 Å². The fraction of sp³-hybridized carbons (Fsp3) is 0.750. The zero-order chi connectivity index (χ0) is 13.1. The van der Waals surface area contributed by atoms with Gasteiger partial charge in [-0.3, -0.25) is 0 Å². The molecule has 0 rings (SSSR count). The highest BCUT2D eigenvalue weighted by molar-refractivity contribution is 5.87. The summed E-state index contributed by atoms with van der Waals surface area (Å²) in [6, 6.07) is 0. The molecule has 0 aromatic heterocycles. The molecule has 5 heteroatoms. The fourth-order valence-corrected chi connectivity index (χ4v) is 0.939. The molecule has 0 aliphatic heterocycles. The SMILES string of the molecule is C=C(C)C(=O)OC(COCCO)OCCCC. The van der Waals surface area contributed by atoms with Crippen LogP contribution >= 0.6 is 0 Å². The van der Waals surface area contributed by atoms with Gasteiger partial charge < -0.3 is 19.3 Å². The van der Waals surface area contributed by atoms with Crippen LogP contribution in [-0.2, 0) is 19.0 Å². The van der Waals surface area contributed by atoms with Crippen LogP contribution in [0.25, 0.3) is 0 Å². The number of carbonyl (C=O) groups is 1. The molecular formula is C12H22O5. The molecule has 0 bridgehead atoms. The van der Waals surface area contributed by atoms with Gasteiger partial charge in [0.05, 0.1) is 19.8 Å². The van der Waals surface area contributed by atoms with Gasteiger partial charge in [-0.25, -0.2) is 4.79 Å². The van der Waals surface area contributed by atoms with Crippen LogP contribution in [0.1, 0.15) is 26.7 Å². The molecule has 1 unspecified atom stereocenters. The minimum atomic E-state index is -0.739. The van der Waals surface area contributed by atoms with Crippen LogP contribution in [0.15, 0.2) is 12.2 Å². The smallest absolute Gasteiger partial charge is 0.335 e. The summed E-state index contributed by atoms with van der Waals surface area (Å²) < 4.78 is 15.5. The molecule has 0 radical (unpaired) electrons. The number of hydrogen-bond donors (Lipinski definition) is 1. The molecule has 0 amide bonds. The Morgan fingerprint density at radius 3 is 2.65 bits per heavy atom. The fourth-order valence-electron chi connectivity index (χ4n) is 0.939. The van der Waals surface area contributed by atoms with Crippen LogP contribution in [0.3, 0.4) is 0 Å². The van der Waals surface area contributed by atoms with Crippen LogP contribution in [-0.4, -0.2) is 43.8 Å². The van der Waals surface area contributed by atoms with Gasteiger partial charge in [0.1, 0.15) is 6.61 Å². The van der Waals surface area contributed by atoms with E-state index in [1.54, 1.807) is 6.92 Å². The number of carbonyl (C=O) groups excluding carboxylic acids is 1. The van der Waals surface area contributed by atoms with Crippen LogP contribution in [0.4, 0.5) is 0 Å². The van der Waals surface area contributed by atoms with Crippen molar-refractivity contribution in [2.75, 3.05) is 26.4 Å². The molecule has 5 nitrogen and oxygen atoms in total. The van der Waals surface area contributed by atoms with E-state index < -0.39 is 12.3 Å². The average molecular weight is 246 g/mol. The number of hydrogen-bond acceptors (Lipinski definition) is 5. The number of unbranched alkanes of at least 4 members (excludes halogenated alkanes) is 1. The predicted molar refractivity (Wildman–Crippen MR) is 63.5 cm³/mol. The number of rotatable bonds is 10. The maximum absolute atomic E-state index is 11.3. The van der Waals surface area contributed by atoms with Gasteiger partial charge in [-0.2, -0.15) is 0 Å². The van der Waals surface area contributed by atoms with Crippen LogP contribution in [0.5, 0.6) is 0 Å². The van der Waals surface area contributed by atoms with Gasteiger partial charge in [0, 0.05) is 5.57 Å². The molecule has 100 valence electrons. The second-order valence-corrected chi connectivity index (χ2v) is 3.64. The Kier molecular flexibility index (Phi) is 9.71. The Hall–Kier alpha value is -0.910. The molecule has 0 fully saturated rings. The topological polar surface area (TPSA) is 65.0 Å². The molecule has 1 atom stereocenters. The Morgan fingerprint density at radius 1 is 1.41 bits per heavy atom. The maximum Gasteiger partial charge on any atom is 0.335 e. The predicted octanol–water partition coefficient (Wildman–Crippen LogP) is 1.26. The molecule has 0 aliphatic rings. The molecule has 0 saturated heterocycles. The second kappa shape index (κ2) is 10.3. The van der Waals surface area contributed by atoms with E-state index in [1.165, 1.54) is 0 Å². The first-order chi connectivity index (χ1) is 8.11. The van der Waals surface area contributed by atoms with E-state index in [2.05, 4.69) is 6.58 Å². The quantitative estimate of drug-likeness (QED) is 0.272. The standard InChI is InChI=1S/C12H22O5/c1-4-5-7-16-11(9-15-8-6-13)17-12(14)10(2)3/h11,13H,2,4-9H2,1,3H3. The summed E-state index contributed by atoms with van der Waals surface area (Å²) in [5.74, 6) is -0.501. The lowest BCUT2D eigenvalue weighted by Crippen LogP contribution is -2.28. The average Bonchev–Trinajstić information content (AvgIpc) is 2.29. The van der Waals surface area contributed by atoms with E-state index in [4.69, 9.17) is 19.3 Å². The van der Waals surface area contributed by atoms with Crippen molar-refractivity contribution in [3.05, 3.63) is 12.2 Å². The molecular weight excluding hydrogens is 224 g/mol. The summed E-state index contributed by atoms with van der Waals surface area (Å²) in [6.45, 7) is 7.84. The first kappa shape index (κ1) is 16.1. The van der Waals surface area contributed by atoms with E-state index in [0.29, 0.717) is 12.2 Å². The van der Waals surface area contributed by atoms with Crippen LogP contribution in [0, 0.1) is 0 Å². The molecule has 0 spiro atoms. The van der Waals surface area contributed by atoms with Crippen molar-refractivity contribution in [1.82, 2.24) is 0 Å². The molecule has 0 saturated carbocycles. The van der Waals surface area contributed by atoms with E-state index >= 15 is 0 Å². The molecule has 17 heavy (non-hydrogen) atoms. The van der Waals surface area contributed by atoms with Gasteiger partial charge >= 0.3 is 5.97 Å². The van der Waals surface area contributed by atoms with Crippen molar-refractivity contribution in [1.29, 1.82) is 0 Å². The van der Waals surface area contributed by atoms with E-state index in [9.17, 15) is 4.79 Å². The summed E-state index contributed by atoms with van der Waals surface area (Å²) in [7, 11) is 0. The Morgan fingerprint density at radius 2 is 2.12 bits per heavy atom. The second-order valence-electron chi connectivity index (χ2n) is 3.64. The summed E-state index contributed by atoms with van der Waals surface area (Å²) in [4.78, 5) is 11.3. The normalized spacial score (nSPS) is 12.2. The largest absolute Gasteiger partial charge is 0.430 e. The lowest BCUT2D eigenvalue weighted by Gasteiger charge is -2.18. The molecule has 0 aromatic rings. The lowest BCUT2D eigenvalue weighted by molar-refractivity contribution is -0.187. The monoisotopic (exact) mass is 246 g/mol. The third-order valence-electron chi connectivity index (χ3n) is 1.88. The Balaban J connectivity index is 4.00. The molecule has 0 aliphatic carbocycles. The minimum Gasteiger partial charge on any atom is -0.430 e.